The van der Waals surface area contributed by atoms with E-state index in [0.717, 1.165) is 10.2 Å². The highest BCUT2D eigenvalue weighted by molar-refractivity contribution is 9.10. The Labute approximate surface area is 134 Å². The monoisotopic (exact) mass is 352 g/mol. The zero-order chi connectivity index (χ0) is 15.8. The molecule has 1 N–H and O–H groups in total. The van der Waals surface area contributed by atoms with Crippen molar-refractivity contribution in [2.45, 2.75) is 45.7 Å². The first-order valence-electron chi connectivity index (χ1n) is 7.21. The van der Waals surface area contributed by atoms with Gasteiger partial charge in [0, 0.05) is 10.2 Å². The fourth-order valence-corrected chi connectivity index (χ4v) is 3.04. The van der Waals surface area contributed by atoms with Crippen LogP contribution in [-0.2, 0) is 9.59 Å². The van der Waals surface area contributed by atoms with Crippen LogP contribution in [0.1, 0.15) is 34.1 Å². The molecule has 0 bridgehead atoms. The molecule has 1 saturated heterocycles. The number of rotatable bonds is 3. The van der Waals surface area contributed by atoms with Crippen molar-refractivity contribution in [3.63, 3.8) is 0 Å². The summed E-state index contributed by atoms with van der Waals surface area (Å²) >= 11 is 3.43. The summed E-state index contributed by atoms with van der Waals surface area (Å²) in [5.74, 6) is -0.107. The highest BCUT2D eigenvalue weighted by Crippen LogP contribution is 2.31. The summed E-state index contributed by atoms with van der Waals surface area (Å²) in [5.41, 5.74) is -0.0901. The molecule has 0 aromatic heterocycles. The average Bonchev–Trinajstić information content (AvgIpc) is 2.42. The van der Waals surface area contributed by atoms with Gasteiger partial charge in [-0.15, -0.1) is 0 Å². The van der Waals surface area contributed by atoms with Gasteiger partial charge in [-0.1, -0.05) is 42.8 Å². The van der Waals surface area contributed by atoms with Gasteiger partial charge in [-0.3, -0.25) is 14.5 Å². The molecule has 1 heterocycles. The summed E-state index contributed by atoms with van der Waals surface area (Å²) in [6, 6.07) is 7.04. The molecule has 4 nitrogen and oxygen atoms in total. The number of nitrogens with zero attached hydrogens (tertiary/aromatic N) is 1. The van der Waals surface area contributed by atoms with E-state index in [1.807, 2.05) is 45.0 Å². The first kappa shape index (κ1) is 16.0. The lowest BCUT2D eigenvalue weighted by Crippen LogP contribution is -2.70. The van der Waals surface area contributed by atoms with Crippen LogP contribution >= 0.6 is 15.9 Å². The van der Waals surface area contributed by atoms with Gasteiger partial charge in [-0.05, 0) is 37.5 Å². The molecule has 2 atom stereocenters. The fourth-order valence-electron chi connectivity index (χ4n) is 2.65. The number of nitrogens with one attached hydrogen (secondary N) is 1. The molecule has 0 saturated carbocycles. The predicted molar refractivity (Wildman–Crippen MR) is 87.1 cm³/mol. The standard InChI is InChI=1S/C16H21BrN2O2/c1-5-16(4)15(21)19(12-8-6-7-11(17)9-12)13(10(2)3)14(20)18-16/h6-10,13H,5H2,1-4H3,(H,18,20). The molecule has 2 unspecified atom stereocenters. The van der Waals surface area contributed by atoms with Crippen LogP contribution in [0.15, 0.2) is 28.7 Å². The third-order valence-electron chi connectivity index (χ3n) is 4.06. The maximum atomic E-state index is 12.9. The third kappa shape index (κ3) is 2.84. The maximum Gasteiger partial charge on any atom is 0.253 e. The Kier molecular flexibility index (Phi) is 4.42. The molecular formula is C16H21BrN2O2. The van der Waals surface area contributed by atoms with E-state index in [2.05, 4.69) is 21.2 Å². The molecule has 1 aliphatic rings. The highest BCUT2D eigenvalue weighted by Gasteiger charge is 2.48. The average molecular weight is 353 g/mol. The van der Waals surface area contributed by atoms with E-state index in [9.17, 15) is 9.59 Å². The number of carbonyl (C=O) groups excluding carboxylic acids is 2. The molecule has 5 heteroatoms. The van der Waals surface area contributed by atoms with Crippen molar-refractivity contribution >= 4 is 33.4 Å². The van der Waals surface area contributed by atoms with Crippen LogP contribution in [0.4, 0.5) is 5.69 Å². The Morgan fingerprint density at radius 2 is 2.05 bits per heavy atom. The second-order valence-corrected chi connectivity index (χ2v) is 6.93. The molecule has 114 valence electrons. The van der Waals surface area contributed by atoms with Crippen LogP contribution in [0.5, 0.6) is 0 Å². The van der Waals surface area contributed by atoms with E-state index in [4.69, 9.17) is 0 Å². The van der Waals surface area contributed by atoms with E-state index < -0.39 is 11.6 Å². The minimum atomic E-state index is -0.842. The Morgan fingerprint density at radius 3 is 2.57 bits per heavy atom. The molecule has 1 aromatic rings. The van der Waals surface area contributed by atoms with Gasteiger partial charge in [0.1, 0.15) is 11.6 Å². The lowest BCUT2D eigenvalue weighted by molar-refractivity contribution is -0.138. The van der Waals surface area contributed by atoms with Gasteiger partial charge in [0.15, 0.2) is 0 Å². The fraction of sp³-hybridized carbons (Fsp3) is 0.500. The van der Waals surface area contributed by atoms with E-state index in [0.29, 0.717) is 6.42 Å². The summed E-state index contributed by atoms with van der Waals surface area (Å²) in [6.45, 7) is 7.61. The number of amides is 2. The topological polar surface area (TPSA) is 49.4 Å². The molecule has 0 spiro atoms. The largest absolute Gasteiger partial charge is 0.340 e. The molecule has 1 aliphatic heterocycles. The summed E-state index contributed by atoms with van der Waals surface area (Å²) in [6.07, 6.45) is 0.562. The van der Waals surface area contributed by atoms with E-state index in [-0.39, 0.29) is 17.7 Å². The summed E-state index contributed by atoms with van der Waals surface area (Å²) < 4.78 is 0.888. The number of carbonyl (C=O) groups is 2. The zero-order valence-electron chi connectivity index (χ0n) is 12.8. The number of hydrogen-bond acceptors (Lipinski definition) is 2. The predicted octanol–water partition coefficient (Wildman–Crippen LogP) is 3.11. The summed E-state index contributed by atoms with van der Waals surface area (Å²) in [4.78, 5) is 27.1. The molecule has 1 fully saturated rings. The van der Waals surface area contributed by atoms with Gasteiger partial charge in [0.25, 0.3) is 5.91 Å². The Bertz CT molecular complexity index is 573. The molecule has 1 aromatic carbocycles. The minimum Gasteiger partial charge on any atom is -0.340 e. The van der Waals surface area contributed by atoms with Crippen molar-refractivity contribution in [3.8, 4) is 0 Å². The van der Waals surface area contributed by atoms with Crippen LogP contribution in [0.3, 0.4) is 0 Å². The Hall–Kier alpha value is -1.36. The van der Waals surface area contributed by atoms with Gasteiger partial charge < -0.3 is 5.32 Å². The minimum absolute atomic E-state index is 0.0364. The molecule has 0 radical (unpaired) electrons. The second kappa shape index (κ2) is 5.79. The van der Waals surface area contributed by atoms with Crippen molar-refractivity contribution < 1.29 is 9.59 Å². The second-order valence-electron chi connectivity index (χ2n) is 6.02. The number of benzene rings is 1. The molecule has 21 heavy (non-hydrogen) atoms. The molecular weight excluding hydrogens is 332 g/mol. The van der Waals surface area contributed by atoms with Crippen LogP contribution < -0.4 is 10.2 Å². The maximum absolute atomic E-state index is 12.9. The van der Waals surface area contributed by atoms with E-state index >= 15 is 0 Å². The number of piperazine rings is 1. The normalized spacial score (nSPS) is 26.2. The third-order valence-corrected chi connectivity index (χ3v) is 4.55. The van der Waals surface area contributed by atoms with Crippen LogP contribution in [0.25, 0.3) is 0 Å². The van der Waals surface area contributed by atoms with Crippen LogP contribution in [0, 0.1) is 5.92 Å². The summed E-state index contributed by atoms with van der Waals surface area (Å²) in [7, 11) is 0. The van der Waals surface area contributed by atoms with Gasteiger partial charge in [0.05, 0.1) is 0 Å². The van der Waals surface area contributed by atoms with Crippen molar-refractivity contribution in [2.24, 2.45) is 5.92 Å². The van der Waals surface area contributed by atoms with Gasteiger partial charge in [0.2, 0.25) is 5.91 Å². The number of hydrogen-bond donors (Lipinski definition) is 1. The van der Waals surface area contributed by atoms with Crippen molar-refractivity contribution in [1.29, 1.82) is 0 Å². The quantitative estimate of drug-likeness (QED) is 0.908. The molecule has 2 rings (SSSR count). The number of halogens is 1. The van der Waals surface area contributed by atoms with Crippen LogP contribution in [0.2, 0.25) is 0 Å². The first-order valence-corrected chi connectivity index (χ1v) is 8.00. The zero-order valence-corrected chi connectivity index (χ0v) is 14.4. The first-order chi connectivity index (χ1) is 9.80. The molecule has 0 aliphatic carbocycles. The van der Waals surface area contributed by atoms with Gasteiger partial charge in [-0.2, -0.15) is 0 Å². The Balaban J connectivity index is 2.54. The molecule has 2 amide bonds. The number of anilines is 1. The van der Waals surface area contributed by atoms with E-state index in [1.54, 1.807) is 11.8 Å². The lowest BCUT2D eigenvalue weighted by atomic mass is 9.88. The van der Waals surface area contributed by atoms with Crippen molar-refractivity contribution in [2.75, 3.05) is 4.90 Å². The summed E-state index contributed by atoms with van der Waals surface area (Å²) in [5, 5.41) is 2.90. The highest BCUT2D eigenvalue weighted by atomic mass is 79.9. The Morgan fingerprint density at radius 1 is 1.38 bits per heavy atom. The van der Waals surface area contributed by atoms with Crippen molar-refractivity contribution in [3.05, 3.63) is 28.7 Å². The lowest BCUT2D eigenvalue weighted by Gasteiger charge is -2.45. The van der Waals surface area contributed by atoms with Crippen molar-refractivity contribution in [1.82, 2.24) is 5.32 Å². The van der Waals surface area contributed by atoms with E-state index in [1.165, 1.54) is 0 Å². The van der Waals surface area contributed by atoms with Gasteiger partial charge >= 0.3 is 0 Å². The van der Waals surface area contributed by atoms with Crippen LogP contribution in [-0.4, -0.2) is 23.4 Å². The SMILES string of the molecule is CCC1(C)NC(=O)C(C(C)C)N(c2cccc(Br)c2)C1=O. The van der Waals surface area contributed by atoms with Gasteiger partial charge in [-0.25, -0.2) is 0 Å². The smallest absolute Gasteiger partial charge is 0.253 e.